The Kier molecular flexibility index (Phi) is 4.72. The quantitative estimate of drug-likeness (QED) is 0.729. The fourth-order valence-electron chi connectivity index (χ4n) is 4.83. The van der Waals surface area contributed by atoms with Crippen LogP contribution in [0.4, 0.5) is 5.69 Å². The number of piperidine rings is 1. The van der Waals surface area contributed by atoms with Gasteiger partial charge in [0.1, 0.15) is 5.54 Å². The molecule has 2 aromatic carbocycles. The number of nitrogens with zero attached hydrogens (tertiary/aromatic N) is 4. The molecule has 0 radical (unpaired) electrons. The summed E-state index contributed by atoms with van der Waals surface area (Å²) in [5, 5.41) is 3.08. The molecule has 1 N–H and O–H groups in total. The first-order valence-electron chi connectivity index (χ1n) is 10.5. The van der Waals surface area contributed by atoms with Crippen molar-refractivity contribution in [3.8, 4) is 0 Å². The van der Waals surface area contributed by atoms with Crippen molar-refractivity contribution < 1.29 is 4.79 Å². The second-order valence-corrected chi connectivity index (χ2v) is 8.08. The van der Waals surface area contributed by atoms with Crippen LogP contribution in [0, 0.1) is 0 Å². The highest BCUT2D eigenvalue weighted by Crippen LogP contribution is 2.36. The summed E-state index contributed by atoms with van der Waals surface area (Å²) in [7, 11) is 0. The summed E-state index contributed by atoms with van der Waals surface area (Å²) in [6, 6.07) is 18.6. The molecule has 3 heterocycles. The molecular formula is C23H27N5O. The van der Waals surface area contributed by atoms with E-state index in [1.165, 1.54) is 5.52 Å². The Morgan fingerprint density at radius 2 is 1.72 bits per heavy atom. The minimum Gasteiger partial charge on any atom is -0.339 e. The summed E-state index contributed by atoms with van der Waals surface area (Å²) in [6.45, 7) is 4.55. The zero-order valence-corrected chi connectivity index (χ0v) is 16.6. The lowest BCUT2D eigenvalue weighted by Crippen LogP contribution is -2.56. The number of nitrogens with one attached hydrogen (secondary N) is 1. The molecule has 1 amide bonds. The van der Waals surface area contributed by atoms with Crippen LogP contribution in [0.5, 0.6) is 0 Å². The van der Waals surface area contributed by atoms with E-state index in [4.69, 9.17) is 0 Å². The average molecular weight is 390 g/mol. The molecule has 1 spiro atoms. The number of aromatic nitrogens is 2. The lowest BCUT2D eigenvalue weighted by molar-refractivity contribution is -0.125. The fourth-order valence-corrected chi connectivity index (χ4v) is 4.83. The molecule has 6 nitrogen and oxygen atoms in total. The Hall–Kier alpha value is -2.86. The Labute approximate surface area is 171 Å². The summed E-state index contributed by atoms with van der Waals surface area (Å²) in [5.74, 6) is 0.186. The summed E-state index contributed by atoms with van der Waals surface area (Å²) in [6.07, 6.45) is 4.78. The third-order valence-electron chi connectivity index (χ3n) is 6.49. The number of amides is 1. The Morgan fingerprint density at radius 1 is 0.966 bits per heavy atom. The number of benzene rings is 2. The molecule has 0 aliphatic carbocycles. The minimum atomic E-state index is -0.390. The van der Waals surface area contributed by atoms with Crippen molar-refractivity contribution in [1.82, 2.24) is 19.8 Å². The number of hydrogen-bond acceptors (Lipinski definition) is 4. The second kappa shape index (κ2) is 7.52. The molecule has 0 unspecified atom stereocenters. The zero-order valence-electron chi connectivity index (χ0n) is 16.6. The van der Waals surface area contributed by atoms with Crippen molar-refractivity contribution in [2.75, 3.05) is 31.2 Å². The van der Waals surface area contributed by atoms with Crippen molar-refractivity contribution in [3.63, 3.8) is 0 Å². The molecule has 0 bridgehead atoms. The third-order valence-corrected chi connectivity index (χ3v) is 6.49. The van der Waals surface area contributed by atoms with Gasteiger partial charge in [0.25, 0.3) is 0 Å². The molecule has 5 rings (SSSR count). The first kappa shape index (κ1) is 18.2. The third kappa shape index (κ3) is 3.27. The average Bonchev–Trinajstić information content (AvgIpc) is 3.32. The van der Waals surface area contributed by atoms with Crippen molar-refractivity contribution in [3.05, 3.63) is 60.9 Å². The highest BCUT2D eigenvalue weighted by atomic mass is 16.2. The number of anilines is 1. The van der Waals surface area contributed by atoms with Gasteiger partial charge in [-0.3, -0.25) is 4.79 Å². The van der Waals surface area contributed by atoms with Crippen molar-refractivity contribution in [2.45, 2.75) is 31.3 Å². The van der Waals surface area contributed by atoms with Crippen molar-refractivity contribution in [2.24, 2.45) is 0 Å². The molecule has 1 aromatic heterocycles. The topological polar surface area (TPSA) is 53.4 Å². The predicted molar refractivity (Wildman–Crippen MR) is 115 cm³/mol. The second-order valence-electron chi connectivity index (χ2n) is 8.08. The molecule has 0 atom stereocenters. The van der Waals surface area contributed by atoms with Crippen LogP contribution >= 0.6 is 0 Å². The summed E-state index contributed by atoms with van der Waals surface area (Å²) in [4.78, 5) is 22.0. The molecule has 150 valence electrons. The van der Waals surface area contributed by atoms with Gasteiger partial charge in [-0.25, -0.2) is 4.98 Å². The number of fused-ring (bicyclic) bond motifs is 1. The molecule has 2 saturated heterocycles. The van der Waals surface area contributed by atoms with Gasteiger partial charge in [0.2, 0.25) is 5.91 Å². The maximum atomic E-state index is 12.8. The molecule has 3 aromatic rings. The van der Waals surface area contributed by atoms with Crippen LogP contribution in [0.1, 0.15) is 19.3 Å². The molecule has 6 heteroatoms. The summed E-state index contributed by atoms with van der Waals surface area (Å²) in [5.41, 5.74) is 3.00. The predicted octanol–water partition coefficient (Wildman–Crippen LogP) is 2.85. The van der Waals surface area contributed by atoms with Crippen LogP contribution in [0.2, 0.25) is 0 Å². The van der Waals surface area contributed by atoms with Crippen LogP contribution < -0.4 is 10.2 Å². The maximum absolute atomic E-state index is 12.8. The number of para-hydroxylation sites is 3. The standard InChI is InChI=1S/C23H27N5O/c29-22-23(28(18-25-22)19-7-2-1-3-8-19)11-15-26(16-12-23)13-6-14-27-17-24-20-9-4-5-10-21(20)27/h1-5,7-10,17H,6,11-16,18H2,(H,25,29). The Bertz CT molecular complexity index is 991. The number of rotatable bonds is 5. The highest BCUT2D eigenvalue weighted by molar-refractivity contribution is 5.93. The van der Waals surface area contributed by atoms with E-state index in [0.29, 0.717) is 6.67 Å². The first-order chi connectivity index (χ1) is 14.3. The number of carbonyl (C=O) groups is 1. The minimum absolute atomic E-state index is 0.186. The maximum Gasteiger partial charge on any atom is 0.247 e. The van der Waals surface area contributed by atoms with E-state index in [2.05, 4.69) is 55.0 Å². The Balaban J connectivity index is 1.19. The van der Waals surface area contributed by atoms with Gasteiger partial charge in [0, 0.05) is 25.3 Å². The van der Waals surface area contributed by atoms with E-state index in [9.17, 15) is 4.79 Å². The largest absolute Gasteiger partial charge is 0.339 e. The number of imidazole rings is 1. The molecule has 0 saturated carbocycles. The van der Waals surface area contributed by atoms with Gasteiger partial charge >= 0.3 is 0 Å². The van der Waals surface area contributed by atoms with Gasteiger partial charge in [0.05, 0.1) is 24.0 Å². The molecule has 2 fully saturated rings. The van der Waals surface area contributed by atoms with E-state index in [1.807, 2.05) is 30.6 Å². The van der Waals surface area contributed by atoms with Crippen LogP contribution in [-0.4, -0.2) is 52.2 Å². The normalized spacial score (nSPS) is 19.2. The first-order valence-corrected chi connectivity index (χ1v) is 10.5. The van der Waals surface area contributed by atoms with Gasteiger partial charge < -0.3 is 19.7 Å². The van der Waals surface area contributed by atoms with E-state index in [0.717, 1.165) is 56.6 Å². The lowest BCUT2D eigenvalue weighted by atomic mass is 9.85. The van der Waals surface area contributed by atoms with Crippen molar-refractivity contribution >= 4 is 22.6 Å². The van der Waals surface area contributed by atoms with Crippen molar-refractivity contribution in [1.29, 1.82) is 0 Å². The van der Waals surface area contributed by atoms with Crippen LogP contribution in [0.25, 0.3) is 11.0 Å². The number of likely N-dealkylation sites (tertiary alicyclic amines) is 1. The monoisotopic (exact) mass is 389 g/mol. The molecular weight excluding hydrogens is 362 g/mol. The Morgan fingerprint density at radius 3 is 2.55 bits per heavy atom. The van der Waals surface area contributed by atoms with Gasteiger partial charge in [-0.15, -0.1) is 0 Å². The SMILES string of the molecule is O=C1NCN(c2ccccc2)C12CCN(CCCn1cnc3ccccc31)CC2. The lowest BCUT2D eigenvalue weighted by Gasteiger charge is -2.43. The van der Waals surface area contributed by atoms with Crippen LogP contribution in [0.3, 0.4) is 0 Å². The molecule has 29 heavy (non-hydrogen) atoms. The molecule has 2 aliphatic heterocycles. The summed E-state index contributed by atoms with van der Waals surface area (Å²) < 4.78 is 2.24. The molecule has 2 aliphatic rings. The van der Waals surface area contributed by atoms with E-state index >= 15 is 0 Å². The van der Waals surface area contributed by atoms with Gasteiger partial charge in [-0.1, -0.05) is 30.3 Å². The van der Waals surface area contributed by atoms with E-state index in [-0.39, 0.29) is 5.91 Å². The number of aryl methyl sites for hydroxylation is 1. The fraction of sp³-hybridized carbons (Fsp3) is 0.391. The van der Waals surface area contributed by atoms with Crippen LogP contribution in [0.15, 0.2) is 60.9 Å². The highest BCUT2D eigenvalue weighted by Gasteiger charge is 2.50. The van der Waals surface area contributed by atoms with E-state index in [1.54, 1.807) is 0 Å². The van der Waals surface area contributed by atoms with Crippen LogP contribution in [-0.2, 0) is 11.3 Å². The zero-order chi connectivity index (χ0) is 19.7. The smallest absolute Gasteiger partial charge is 0.247 e. The number of hydrogen-bond donors (Lipinski definition) is 1. The van der Waals surface area contributed by atoms with Gasteiger partial charge in [0.15, 0.2) is 0 Å². The van der Waals surface area contributed by atoms with E-state index < -0.39 is 5.54 Å². The van der Waals surface area contributed by atoms with Gasteiger partial charge in [-0.05, 0) is 50.1 Å². The van der Waals surface area contributed by atoms with Gasteiger partial charge in [-0.2, -0.15) is 0 Å². The summed E-state index contributed by atoms with van der Waals surface area (Å²) >= 11 is 0. The number of carbonyl (C=O) groups excluding carboxylic acids is 1.